The second-order valence-corrected chi connectivity index (χ2v) is 6.65. The van der Waals surface area contributed by atoms with Gasteiger partial charge in [-0.05, 0) is 42.8 Å². The van der Waals surface area contributed by atoms with Gasteiger partial charge in [-0.1, -0.05) is 24.3 Å². The molecule has 2 nitrogen and oxygen atoms in total. The number of thioether (sulfide) groups is 1. The van der Waals surface area contributed by atoms with E-state index in [1.165, 1.54) is 15.3 Å². The highest BCUT2D eigenvalue weighted by atomic mass is 32.2. The predicted octanol–water partition coefficient (Wildman–Crippen LogP) is 3.61. The SMILES string of the molecule is Cc1ccccc1SCC(CCc1cccs1)NN. The molecule has 19 heavy (non-hydrogen) atoms. The Morgan fingerprint density at radius 3 is 2.79 bits per heavy atom. The first-order chi connectivity index (χ1) is 9.29. The van der Waals surface area contributed by atoms with Crippen molar-refractivity contribution in [1.29, 1.82) is 0 Å². The minimum atomic E-state index is 0.353. The molecule has 0 radical (unpaired) electrons. The summed E-state index contributed by atoms with van der Waals surface area (Å²) in [7, 11) is 0. The fourth-order valence-corrected chi connectivity index (χ4v) is 3.73. The Morgan fingerprint density at radius 1 is 1.26 bits per heavy atom. The highest BCUT2D eigenvalue weighted by molar-refractivity contribution is 7.99. The zero-order valence-corrected chi connectivity index (χ0v) is 12.8. The Kier molecular flexibility index (Phi) is 5.92. The molecule has 0 aliphatic rings. The average Bonchev–Trinajstić information content (AvgIpc) is 2.94. The molecule has 4 heteroatoms. The van der Waals surface area contributed by atoms with E-state index < -0.39 is 0 Å². The molecule has 0 aliphatic carbocycles. The lowest BCUT2D eigenvalue weighted by molar-refractivity contribution is 0.541. The summed E-state index contributed by atoms with van der Waals surface area (Å²) in [4.78, 5) is 2.78. The fraction of sp³-hybridized carbons (Fsp3) is 0.333. The molecule has 0 spiro atoms. The van der Waals surface area contributed by atoms with Crippen molar-refractivity contribution in [3.8, 4) is 0 Å². The molecule has 2 aromatic rings. The highest BCUT2D eigenvalue weighted by Crippen LogP contribution is 2.23. The van der Waals surface area contributed by atoms with Crippen molar-refractivity contribution in [3.05, 3.63) is 52.2 Å². The first-order valence-electron chi connectivity index (χ1n) is 6.46. The van der Waals surface area contributed by atoms with Crippen molar-refractivity contribution < 1.29 is 0 Å². The molecule has 1 aromatic carbocycles. The van der Waals surface area contributed by atoms with Crippen LogP contribution in [0.4, 0.5) is 0 Å². The topological polar surface area (TPSA) is 38.0 Å². The van der Waals surface area contributed by atoms with E-state index in [9.17, 15) is 0 Å². The van der Waals surface area contributed by atoms with Gasteiger partial charge in [0.1, 0.15) is 0 Å². The maximum Gasteiger partial charge on any atom is 0.0308 e. The number of nitrogens with one attached hydrogen (secondary N) is 1. The molecule has 0 saturated heterocycles. The van der Waals surface area contributed by atoms with E-state index in [4.69, 9.17) is 5.84 Å². The second-order valence-electron chi connectivity index (χ2n) is 4.56. The number of hydrazine groups is 1. The summed E-state index contributed by atoms with van der Waals surface area (Å²) in [5, 5.41) is 2.13. The summed E-state index contributed by atoms with van der Waals surface area (Å²) in [5.41, 5.74) is 4.27. The van der Waals surface area contributed by atoms with Gasteiger partial charge in [0.05, 0.1) is 0 Å². The van der Waals surface area contributed by atoms with Crippen molar-refractivity contribution in [2.45, 2.75) is 30.7 Å². The van der Waals surface area contributed by atoms with Gasteiger partial charge in [-0.3, -0.25) is 11.3 Å². The van der Waals surface area contributed by atoms with Crippen LogP contribution in [-0.2, 0) is 6.42 Å². The van der Waals surface area contributed by atoms with Crippen LogP contribution < -0.4 is 11.3 Å². The number of benzene rings is 1. The largest absolute Gasteiger partial charge is 0.271 e. The molecule has 2 rings (SSSR count). The van der Waals surface area contributed by atoms with E-state index in [1.54, 1.807) is 0 Å². The molecule has 0 amide bonds. The summed E-state index contributed by atoms with van der Waals surface area (Å²) in [5.74, 6) is 6.66. The highest BCUT2D eigenvalue weighted by Gasteiger charge is 2.09. The summed E-state index contributed by atoms with van der Waals surface area (Å²) < 4.78 is 0. The predicted molar refractivity (Wildman–Crippen MR) is 85.7 cm³/mol. The number of rotatable bonds is 7. The first kappa shape index (κ1) is 14.6. The van der Waals surface area contributed by atoms with E-state index in [0.717, 1.165) is 18.6 Å². The van der Waals surface area contributed by atoms with Gasteiger partial charge in [0.25, 0.3) is 0 Å². The van der Waals surface area contributed by atoms with Crippen LogP contribution in [0.25, 0.3) is 0 Å². The van der Waals surface area contributed by atoms with Crippen LogP contribution in [0.1, 0.15) is 16.9 Å². The third-order valence-electron chi connectivity index (χ3n) is 3.09. The van der Waals surface area contributed by atoms with E-state index in [2.05, 4.69) is 54.1 Å². The zero-order chi connectivity index (χ0) is 13.5. The van der Waals surface area contributed by atoms with Crippen LogP contribution in [0.15, 0.2) is 46.7 Å². The van der Waals surface area contributed by atoms with Gasteiger partial charge in [-0.15, -0.1) is 23.1 Å². The van der Waals surface area contributed by atoms with Crippen LogP contribution in [0.3, 0.4) is 0 Å². The second kappa shape index (κ2) is 7.70. The quantitative estimate of drug-likeness (QED) is 0.465. The Morgan fingerprint density at radius 2 is 2.11 bits per heavy atom. The van der Waals surface area contributed by atoms with E-state index in [0.29, 0.717) is 6.04 Å². The van der Waals surface area contributed by atoms with Gasteiger partial charge in [0.15, 0.2) is 0 Å². The summed E-state index contributed by atoms with van der Waals surface area (Å²) in [6, 6.07) is 13.1. The minimum absolute atomic E-state index is 0.353. The summed E-state index contributed by atoms with van der Waals surface area (Å²) in [6.45, 7) is 2.15. The Balaban J connectivity index is 1.81. The van der Waals surface area contributed by atoms with Crippen LogP contribution in [-0.4, -0.2) is 11.8 Å². The van der Waals surface area contributed by atoms with Gasteiger partial charge in [-0.2, -0.15) is 0 Å². The molecule has 1 unspecified atom stereocenters. The molecule has 0 fully saturated rings. The third-order valence-corrected chi connectivity index (χ3v) is 5.36. The lowest BCUT2D eigenvalue weighted by Gasteiger charge is -2.15. The monoisotopic (exact) mass is 292 g/mol. The van der Waals surface area contributed by atoms with E-state index >= 15 is 0 Å². The van der Waals surface area contributed by atoms with Gasteiger partial charge in [0.2, 0.25) is 0 Å². The summed E-state index contributed by atoms with van der Waals surface area (Å²) in [6.07, 6.45) is 2.18. The lowest BCUT2D eigenvalue weighted by atomic mass is 10.2. The van der Waals surface area contributed by atoms with E-state index in [-0.39, 0.29) is 0 Å². The van der Waals surface area contributed by atoms with Crippen LogP contribution in [0, 0.1) is 6.92 Å². The lowest BCUT2D eigenvalue weighted by Crippen LogP contribution is -2.37. The van der Waals surface area contributed by atoms with Gasteiger partial charge >= 0.3 is 0 Å². The van der Waals surface area contributed by atoms with Crippen molar-refractivity contribution in [2.75, 3.05) is 5.75 Å². The Bertz CT molecular complexity index is 483. The normalized spacial score (nSPS) is 12.5. The van der Waals surface area contributed by atoms with E-state index in [1.807, 2.05) is 23.1 Å². The van der Waals surface area contributed by atoms with Crippen LogP contribution >= 0.6 is 23.1 Å². The van der Waals surface area contributed by atoms with Gasteiger partial charge < -0.3 is 0 Å². The minimum Gasteiger partial charge on any atom is -0.271 e. The number of hydrogen-bond donors (Lipinski definition) is 2. The Hall–Kier alpha value is -0.810. The number of thiophene rings is 1. The maximum absolute atomic E-state index is 5.65. The summed E-state index contributed by atoms with van der Waals surface area (Å²) >= 11 is 3.69. The van der Waals surface area contributed by atoms with Crippen molar-refractivity contribution in [2.24, 2.45) is 5.84 Å². The smallest absolute Gasteiger partial charge is 0.0308 e. The number of hydrogen-bond acceptors (Lipinski definition) is 4. The van der Waals surface area contributed by atoms with Crippen molar-refractivity contribution >= 4 is 23.1 Å². The third kappa shape index (κ3) is 4.66. The fourth-order valence-electron chi connectivity index (χ4n) is 1.89. The molecule has 0 bridgehead atoms. The molecule has 102 valence electrons. The first-order valence-corrected chi connectivity index (χ1v) is 8.33. The molecular formula is C15H20N2S2. The van der Waals surface area contributed by atoms with Crippen LogP contribution in [0.2, 0.25) is 0 Å². The van der Waals surface area contributed by atoms with Crippen LogP contribution in [0.5, 0.6) is 0 Å². The van der Waals surface area contributed by atoms with Crippen molar-refractivity contribution in [1.82, 2.24) is 5.43 Å². The number of aryl methyl sites for hydroxylation is 2. The van der Waals surface area contributed by atoms with Crippen molar-refractivity contribution in [3.63, 3.8) is 0 Å². The molecule has 1 atom stereocenters. The molecule has 3 N–H and O–H groups in total. The van der Waals surface area contributed by atoms with Gasteiger partial charge in [-0.25, -0.2) is 0 Å². The molecular weight excluding hydrogens is 272 g/mol. The zero-order valence-electron chi connectivity index (χ0n) is 11.1. The number of nitrogens with two attached hydrogens (primary N) is 1. The standard InChI is InChI=1S/C15H20N2S2/c1-12-5-2-3-7-15(12)19-11-13(17-16)8-9-14-6-4-10-18-14/h2-7,10,13,17H,8-9,11,16H2,1H3. The average molecular weight is 292 g/mol. The molecule has 0 saturated carbocycles. The maximum atomic E-state index is 5.65. The molecule has 1 aromatic heterocycles. The Labute approximate surface area is 123 Å². The van der Waals surface area contributed by atoms with Gasteiger partial charge in [0, 0.05) is 21.6 Å². The molecule has 0 aliphatic heterocycles. The molecule has 1 heterocycles.